The van der Waals surface area contributed by atoms with E-state index in [1.54, 1.807) is 12.3 Å². The van der Waals surface area contributed by atoms with Gasteiger partial charge in [-0.15, -0.1) is 11.3 Å². The maximum atomic E-state index is 12.1. The molecule has 0 saturated carbocycles. The molecule has 1 aromatic heterocycles. The summed E-state index contributed by atoms with van der Waals surface area (Å²) >= 11 is 1.31. The number of thiazole rings is 1. The van der Waals surface area contributed by atoms with E-state index in [0.29, 0.717) is 22.3 Å². The van der Waals surface area contributed by atoms with Gasteiger partial charge in [-0.1, -0.05) is 26.0 Å². The molecule has 0 aliphatic carbocycles. The van der Waals surface area contributed by atoms with Crippen LogP contribution in [0.3, 0.4) is 0 Å². The van der Waals surface area contributed by atoms with Crippen LogP contribution in [0.2, 0.25) is 0 Å². The number of carbonyl (C=O) groups excluding carboxylic acids is 1. The van der Waals surface area contributed by atoms with Crippen molar-refractivity contribution in [1.82, 2.24) is 4.98 Å². The van der Waals surface area contributed by atoms with E-state index in [-0.39, 0.29) is 5.91 Å². The highest BCUT2D eigenvalue weighted by molar-refractivity contribution is 7.14. The number of aliphatic hydroxyl groups excluding tert-OH is 1. The van der Waals surface area contributed by atoms with E-state index in [9.17, 15) is 9.90 Å². The van der Waals surface area contributed by atoms with Crippen LogP contribution in [0.4, 0.5) is 5.13 Å². The Labute approximate surface area is 122 Å². The molecule has 1 atom stereocenters. The molecule has 1 heterocycles. The molecule has 0 fully saturated rings. The van der Waals surface area contributed by atoms with Crippen molar-refractivity contribution in [2.45, 2.75) is 32.8 Å². The van der Waals surface area contributed by atoms with Crippen LogP contribution < -0.4 is 5.32 Å². The Balaban J connectivity index is 2.07. The minimum Gasteiger partial charge on any atom is -0.387 e. The number of aliphatic hydroxyl groups is 1. The summed E-state index contributed by atoms with van der Waals surface area (Å²) in [4.78, 5) is 16.2. The van der Waals surface area contributed by atoms with Crippen molar-refractivity contribution in [2.24, 2.45) is 0 Å². The van der Waals surface area contributed by atoms with Gasteiger partial charge in [-0.25, -0.2) is 4.98 Å². The highest BCUT2D eigenvalue weighted by Gasteiger charge is 2.11. The molecule has 2 aromatic rings. The van der Waals surface area contributed by atoms with E-state index in [1.165, 1.54) is 16.9 Å². The second-order valence-electron chi connectivity index (χ2n) is 4.98. The zero-order chi connectivity index (χ0) is 14.7. The van der Waals surface area contributed by atoms with Gasteiger partial charge in [-0.3, -0.25) is 10.1 Å². The van der Waals surface area contributed by atoms with Gasteiger partial charge >= 0.3 is 0 Å². The monoisotopic (exact) mass is 290 g/mol. The zero-order valence-corrected chi connectivity index (χ0v) is 12.6. The average molecular weight is 290 g/mol. The Bertz CT molecular complexity index is 588. The van der Waals surface area contributed by atoms with Gasteiger partial charge < -0.3 is 5.11 Å². The summed E-state index contributed by atoms with van der Waals surface area (Å²) in [5, 5.41) is 14.4. The first-order valence-electron chi connectivity index (χ1n) is 6.52. The maximum Gasteiger partial charge on any atom is 0.257 e. The molecule has 1 aromatic carbocycles. The summed E-state index contributed by atoms with van der Waals surface area (Å²) in [7, 11) is 0. The Kier molecular flexibility index (Phi) is 4.52. The molecular weight excluding hydrogens is 272 g/mol. The number of amides is 1. The topological polar surface area (TPSA) is 62.2 Å². The number of benzene rings is 1. The smallest absolute Gasteiger partial charge is 0.257 e. The molecule has 0 aliphatic rings. The summed E-state index contributed by atoms with van der Waals surface area (Å²) in [5.41, 5.74) is 2.37. The lowest BCUT2D eigenvalue weighted by atomic mass is 10.0. The van der Waals surface area contributed by atoms with Crippen LogP contribution in [0.1, 0.15) is 54.4 Å². The summed E-state index contributed by atoms with van der Waals surface area (Å²) in [5.74, 6) is 0.256. The maximum absolute atomic E-state index is 12.1. The zero-order valence-electron chi connectivity index (χ0n) is 11.8. The van der Waals surface area contributed by atoms with Crippen LogP contribution >= 0.6 is 11.3 Å². The number of anilines is 1. The third-order valence-electron chi connectivity index (χ3n) is 3.01. The van der Waals surface area contributed by atoms with Crippen molar-refractivity contribution in [1.29, 1.82) is 0 Å². The summed E-state index contributed by atoms with van der Waals surface area (Å²) in [6.07, 6.45) is -0.623. The Morgan fingerprint density at radius 3 is 2.40 bits per heavy atom. The van der Waals surface area contributed by atoms with Gasteiger partial charge in [0.1, 0.15) is 0 Å². The van der Waals surface area contributed by atoms with Gasteiger partial charge in [0.15, 0.2) is 5.13 Å². The van der Waals surface area contributed by atoms with Crippen LogP contribution in [0.25, 0.3) is 0 Å². The van der Waals surface area contributed by atoms with Crippen molar-refractivity contribution in [2.75, 3.05) is 5.32 Å². The third kappa shape index (κ3) is 3.43. The first-order valence-corrected chi connectivity index (χ1v) is 7.40. The largest absolute Gasteiger partial charge is 0.387 e. The van der Waals surface area contributed by atoms with Gasteiger partial charge in [0.05, 0.1) is 11.8 Å². The molecule has 1 unspecified atom stereocenters. The minimum atomic E-state index is -0.623. The lowest BCUT2D eigenvalue weighted by molar-refractivity contribution is 0.102. The normalized spacial score (nSPS) is 12.4. The van der Waals surface area contributed by atoms with E-state index in [1.807, 2.05) is 24.3 Å². The van der Waals surface area contributed by atoms with Crippen molar-refractivity contribution in [3.8, 4) is 0 Å². The first-order chi connectivity index (χ1) is 9.47. The molecule has 106 valence electrons. The van der Waals surface area contributed by atoms with Gasteiger partial charge in [0, 0.05) is 10.9 Å². The number of rotatable bonds is 4. The molecular formula is C15H18N2O2S. The lowest BCUT2D eigenvalue weighted by Gasteiger charge is -2.06. The van der Waals surface area contributed by atoms with E-state index in [2.05, 4.69) is 24.1 Å². The van der Waals surface area contributed by atoms with Crippen molar-refractivity contribution >= 4 is 22.4 Å². The minimum absolute atomic E-state index is 0.188. The fourth-order valence-electron chi connectivity index (χ4n) is 1.72. The van der Waals surface area contributed by atoms with Crippen molar-refractivity contribution in [3.05, 3.63) is 46.5 Å². The SMILES string of the molecule is CC(C)c1ccc(C(=O)Nc2nc(C(C)O)cs2)cc1. The Morgan fingerprint density at radius 1 is 1.25 bits per heavy atom. The van der Waals surface area contributed by atoms with Crippen LogP contribution in [-0.4, -0.2) is 16.0 Å². The summed E-state index contributed by atoms with van der Waals surface area (Å²) in [6, 6.07) is 7.55. The molecule has 2 N–H and O–H groups in total. The molecule has 4 nitrogen and oxygen atoms in total. The van der Waals surface area contributed by atoms with E-state index in [0.717, 1.165) is 0 Å². The summed E-state index contributed by atoms with van der Waals surface area (Å²) in [6.45, 7) is 5.87. The highest BCUT2D eigenvalue weighted by Crippen LogP contribution is 2.21. The first kappa shape index (κ1) is 14.7. The van der Waals surface area contributed by atoms with E-state index < -0.39 is 6.10 Å². The van der Waals surface area contributed by atoms with Crippen LogP contribution in [-0.2, 0) is 0 Å². The molecule has 0 aliphatic heterocycles. The standard InChI is InChI=1S/C15H18N2O2S/c1-9(2)11-4-6-12(7-5-11)14(19)17-15-16-13(8-20-15)10(3)18/h4-10,18H,1-3H3,(H,16,17,19). The molecule has 20 heavy (non-hydrogen) atoms. The van der Waals surface area contributed by atoms with Gasteiger partial charge in [-0.2, -0.15) is 0 Å². The molecule has 1 amide bonds. The van der Waals surface area contributed by atoms with Gasteiger partial charge in [0.25, 0.3) is 5.91 Å². The number of hydrogen-bond donors (Lipinski definition) is 2. The predicted molar refractivity (Wildman–Crippen MR) is 81.2 cm³/mol. The number of hydrogen-bond acceptors (Lipinski definition) is 4. The fourth-order valence-corrected chi connectivity index (χ4v) is 2.52. The van der Waals surface area contributed by atoms with Gasteiger partial charge in [0.2, 0.25) is 0 Å². The number of carbonyl (C=O) groups is 1. The van der Waals surface area contributed by atoms with Crippen LogP contribution in [0.5, 0.6) is 0 Å². The van der Waals surface area contributed by atoms with Crippen LogP contribution in [0, 0.1) is 0 Å². The molecule has 2 rings (SSSR count). The average Bonchev–Trinajstić information content (AvgIpc) is 2.87. The fraction of sp³-hybridized carbons (Fsp3) is 0.333. The molecule has 0 bridgehead atoms. The van der Waals surface area contributed by atoms with E-state index in [4.69, 9.17) is 0 Å². The Morgan fingerprint density at radius 2 is 1.90 bits per heavy atom. The van der Waals surface area contributed by atoms with Gasteiger partial charge in [-0.05, 0) is 30.5 Å². The third-order valence-corrected chi connectivity index (χ3v) is 3.79. The predicted octanol–water partition coefficient (Wildman–Crippen LogP) is 3.57. The number of nitrogens with one attached hydrogen (secondary N) is 1. The second kappa shape index (κ2) is 6.15. The summed E-state index contributed by atoms with van der Waals surface area (Å²) < 4.78 is 0. The van der Waals surface area contributed by atoms with Crippen LogP contribution in [0.15, 0.2) is 29.6 Å². The highest BCUT2D eigenvalue weighted by atomic mass is 32.1. The number of nitrogens with zero attached hydrogens (tertiary/aromatic N) is 1. The van der Waals surface area contributed by atoms with Crippen molar-refractivity contribution < 1.29 is 9.90 Å². The molecule has 0 spiro atoms. The lowest BCUT2D eigenvalue weighted by Crippen LogP contribution is -2.11. The number of aromatic nitrogens is 1. The quantitative estimate of drug-likeness (QED) is 0.904. The molecule has 0 saturated heterocycles. The van der Waals surface area contributed by atoms with E-state index >= 15 is 0 Å². The second-order valence-corrected chi connectivity index (χ2v) is 5.84. The molecule has 5 heteroatoms. The molecule has 0 radical (unpaired) electrons. The Hall–Kier alpha value is -1.72. The van der Waals surface area contributed by atoms with Crippen molar-refractivity contribution in [3.63, 3.8) is 0 Å².